The molecule has 1 aromatic heterocycles. The van der Waals surface area contributed by atoms with Crippen molar-refractivity contribution in [1.82, 2.24) is 15.5 Å². The van der Waals surface area contributed by atoms with E-state index in [0.29, 0.717) is 5.69 Å². The van der Waals surface area contributed by atoms with Gasteiger partial charge in [0.2, 0.25) is 0 Å². The standard InChI is InChI=1S/C20H17F2N3O2/c21-15-9-8-14(17(22)10-15)12-23-19(26)16-11-18(24-25-20(16)27)13-6-4-2-1-3-5-7-13/h2,4-11H,1,3,12H2,(H,23,26)(H,25,27)/b4-2+,7-5-,13-6+. The van der Waals surface area contributed by atoms with E-state index in [4.69, 9.17) is 0 Å². The molecule has 0 spiro atoms. The molecule has 5 nitrogen and oxygen atoms in total. The molecule has 7 heteroatoms. The maximum atomic E-state index is 13.7. The molecule has 0 bridgehead atoms. The third kappa shape index (κ3) is 4.63. The van der Waals surface area contributed by atoms with Gasteiger partial charge in [0.15, 0.2) is 0 Å². The molecule has 1 heterocycles. The van der Waals surface area contributed by atoms with Crippen molar-refractivity contribution in [2.75, 3.05) is 0 Å². The van der Waals surface area contributed by atoms with Gasteiger partial charge in [0.1, 0.15) is 17.2 Å². The van der Waals surface area contributed by atoms with Crippen LogP contribution in [0.4, 0.5) is 8.78 Å². The van der Waals surface area contributed by atoms with Gasteiger partial charge in [-0.25, -0.2) is 13.9 Å². The van der Waals surface area contributed by atoms with Gasteiger partial charge in [-0.05, 0) is 25.0 Å². The van der Waals surface area contributed by atoms with Crippen molar-refractivity contribution in [3.8, 4) is 0 Å². The highest BCUT2D eigenvalue weighted by Crippen LogP contribution is 2.16. The lowest BCUT2D eigenvalue weighted by Crippen LogP contribution is -2.30. The van der Waals surface area contributed by atoms with Crippen LogP contribution in [0.3, 0.4) is 0 Å². The summed E-state index contributed by atoms with van der Waals surface area (Å²) in [6.07, 6.45) is 11.4. The SMILES string of the molecule is O=C(NCc1ccc(F)cc1F)c1cc(C2=C/C=C/CC/C=C\2)n[nH]c1=O. The number of nitrogens with zero attached hydrogens (tertiary/aromatic N) is 1. The fraction of sp³-hybridized carbons (Fsp3) is 0.150. The summed E-state index contributed by atoms with van der Waals surface area (Å²) in [4.78, 5) is 24.4. The van der Waals surface area contributed by atoms with E-state index in [9.17, 15) is 18.4 Å². The largest absolute Gasteiger partial charge is 0.348 e. The number of hydrogen-bond donors (Lipinski definition) is 2. The first-order chi connectivity index (χ1) is 13.0. The van der Waals surface area contributed by atoms with E-state index in [1.54, 1.807) is 0 Å². The quantitative estimate of drug-likeness (QED) is 0.869. The van der Waals surface area contributed by atoms with Gasteiger partial charge in [-0.2, -0.15) is 5.10 Å². The Kier molecular flexibility index (Phi) is 5.71. The van der Waals surface area contributed by atoms with Gasteiger partial charge in [-0.3, -0.25) is 9.59 Å². The Morgan fingerprint density at radius 1 is 1.19 bits per heavy atom. The van der Waals surface area contributed by atoms with Crippen molar-refractivity contribution >= 4 is 11.5 Å². The lowest BCUT2D eigenvalue weighted by atomic mass is 10.1. The summed E-state index contributed by atoms with van der Waals surface area (Å²) in [5, 5.41) is 8.77. The molecular formula is C20H17F2N3O2. The fourth-order valence-electron chi connectivity index (χ4n) is 2.56. The zero-order valence-electron chi connectivity index (χ0n) is 14.3. The number of carbonyl (C=O) groups is 1. The third-order valence-electron chi connectivity index (χ3n) is 4.01. The van der Waals surface area contributed by atoms with Crippen molar-refractivity contribution < 1.29 is 13.6 Å². The normalized spacial score (nSPS) is 17.9. The van der Waals surface area contributed by atoms with Gasteiger partial charge >= 0.3 is 0 Å². The molecule has 0 unspecified atom stereocenters. The second kappa shape index (κ2) is 8.35. The van der Waals surface area contributed by atoms with Crippen LogP contribution in [-0.2, 0) is 6.54 Å². The molecule has 0 radical (unpaired) electrons. The average Bonchev–Trinajstić information content (AvgIpc) is 2.61. The van der Waals surface area contributed by atoms with E-state index in [-0.39, 0.29) is 17.7 Å². The predicted molar refractivity (Wildman–Crippen MR) is 97.9 cm³/mol. The van der Waals surface area contributed by atoms with Gasteiger partial charge < -0.3 is 5.32 Å². The van der Waals surface area contributed by atoms with Crippen molar-refractivity contribution in [1.29, 1.82) is 0 Å². The maximum absolute atomic E-state index is 13.7. The van der Waals surface area contributed by atoms with E-state index in [1.165, 1.54) is 12.1 Å². The monoisotopic (exact) mass is 369 g/mol. The third-order valence-corrected chi connectivity index (χ3v) is 4.01. The highest BCUT2D eigenvalue weighted by Gasteiger charge is 2.14. The van der Waals surface area contributed by atoms with Gasteiger partial charge in [0, 0.05) is 23.7 Å². The van der Waals surface area contributed by atoms with Crippen LogP contribution in [-0.4, -0.2) is 16.1 Å². The molecule has 0 saturated heterocycles. The van der Waals surface area contributed by atoms with E-state index >= 15 is 0 Å². The second-order valence-electron chi connectivity index (χ2n) is 5.94. The summed E-state index contributed by atoms with van der Waals surface area (Å²) in [6.45, 7) is -0.173. The fourth-order valence-corrected chi connectivity index (χ4v) is 2.56. The van der Waals surface area contributed by atoms with Gasteiger partial charge in [0.05, 0.1) is 5.69 Å². The highest BCUT2D eigenvalue weighted by molar-refractivity contribution is 5.94. The first-order valence-electron chi connectivity index (χ1n) is 8.40. The molecule has 2 N–H and O–H groups in total. The molecule has 2 aromatic rings. The van der Waals surface area contributed by atoms with E-state index in [0.717, 1.165) is 30.5 Å². The summed E-state index contributed by atoms with van der Waals surface area (Å²) in [6, 6.07) is 4.47. The van der Waals surface area contributed by atoms with Crippen molar-refractivity contribution in [3.63, 3.8) is 0 Å². The molecule has 138 valence electrons. The number of nitrogens with one attached hydrogen (secondary N) is 2. The number of aromatic nitrogens is 2. The van der Waals surface area contributed by atoms with Crippen LogP contribution >= 0.6 is 0 Å². The predicted octanol–water partition coefficient (Wildman–Crippen LogP) is 3.27. The van der Waals surface area contributed by atoms with Crippen LogP contribution in [0.25, 0.3) is 5.57 Å². The first-order valence-corrected chi connectivity index (χ1v) is 8.40. The summed E-state index contributed by atoms with van der Waals surface area (Å²) < 4.78 is 26.6. The van der Waals surface area contributed by atoms with Crippen LogP contribution in [0.2, 0.25) is 0 Å². The Balaban J connectivity index is 1.81. The number of allylic oxidation sites excluding steroid dienone is 6. The molecule has 1 aromatic carbocycles. The Labute approximate surface area is 154 Å². The zero-order valence-corrected chi connectivity index (χ0v) is 14.3. The summed E-state index contributed by atoms with van der Waals surface area (Å²) in [5.74, 6) is -2.14. The lowest BCUT2D eigenvalue weighted by Gasteiger charge is -2.08. The first kappa shape index (κ1) is 18.4. The topological polar surface area (TPSA) is 74.8 Å². The average molecular weight is 369 g/mol. The molecular weight excluding hydrogens is 352 g/mol. The maximum Gasteiger partial charge on any atom is 0.277 e. The Morgan fingerprint density at radius 2 is 2.00 bits per heavy atom. The van der Waals surface area contributed by atoms with Crippen molar-refractivity contribution in [3.05, 3.63) is 93.5 Å². The minimum atomic E-state index is -0.767. The Morgan fingerprint density at radius 3 is 2.81 bits per heavy atom. The number of carbonyl (C=O) groups excluding carboxylic acids is 1. The number of benzene rings is 1. The molecule has 0 fully saturated rings. The van der Waals surface area contributed by atoms with Crippen LogP contribution in [0, 0.1) is 11.6 Å². The van der Waals surface area contributed by atoms with Crippen LogP contribution < -0.4 is 10.9 Å². The van der Waals surface area contributed by atoms with E-state index < -0.39 is 23.1 Å². The smallest absolute Gasteiger partial charge is 0.277 e. The number of hydrogen-bond acceptors (Lipinski definition) is 3. The zero-order chi connectivity index (χ0) is 19.2. The summed E-state index contributed by atoms with van der Waals surface area (Å²) in [7, 11) is 0. The molecule has 0 aliphatic heterocycles. The number of aromatic amines is 1. The number of rotatable bonds is 4. The van der Waals surface area contributed by atoms with Gasteiger partial charge in [0.25, 0.3) is 11.5 Å². The molecule has 27 heavy (non-hydrogen) atoms. The number of H-pyrrole nitrogens is 1. The summed E-state index contributed by atoms with van der Waals surface area (Å²) >= 11 is 0. The van der Waals surface area contributed by atoms with Gasteiger partial charge in [-0.1, -0.05) is 36.4 Å². The molecule has 1 amide bonds. The minimum Gasteiger partial charge on any atom is -0.348 e. The van der Waals surface area contributed by atoms with Gasteiger partial charge in [-0.15, -0.1) is 0 Å². The molecule has 1 aliphatic carbocycles. The van der Waals surface area contributed by atoms with Crippen molar-refractivity contribution in [2.45, 2.75) is 19.4 Å². The molecule has 0 saturated carbocycles. The highest BCUT2D eigenvalue weighted by atomic mass is 19.1. The summed E-state index contributed by atoms with van der Waals surface area (Å²) in [5.41, 5.74) is 0.521. The minimum absolute atomic E-state index is 0.117. The second-order valence-corrected chi connectivity index (χ2v) is 5.94. The van der Waals surface area contributed by atoms with E-state index in [1.807, 2.05) is 30.4 Å². The number of amides is 1. The number of halogens is 2. The molecule has 0 atom stereocenters. The van der Waals surface area contributed by atoms with Crippen LogP contribution in [0.15, 0.2) is 59.4 Å². The van der Waals surface area contributed by atoms with E-state index in [2.05, 4.69) is 15.5 Å². The van der Waals surface area contributed by atoms with Crippen LogP contribution in [0.1, 0.15) is 34.5 Å². The van der Waals surface area contributed by atoms with Crippen molar-refractivity contribution in [2.24, 2.45) is 0 Å². The Hall–Kier alpha value is -3.35. The Bertz CT molecular complexity index is 1010. The van der Waals surface area contributed by atoms with Crippen LogP contribution in [0.5, 0.6) is 0 Å². The molecule has 1 aliphatic rings. The lowest BCUT2D eigenvalue weighted by molar-refractivity contribution is 0.0948. The molecule has 3 rings (SSSR count).